The molecule has 2 aliphatic heterocycles. The van der Waals surface area contributed by atoms with E-state index in [1.165, 1.54) is 36.0 Å². The van der Waals surface area contributed by atoms with Crippen LogP contribution in [0.2, 0.25) is 0 Å². The second-order valence-electron chi connectivity index (χ2n) is 7.17. The van der Waals surface area contributed by atoms with Crippen molar-refractivity contribution in [2.24, 2.45) is 0 Å². The lowest BCUT2D eigenvalue weighted by Gasteiger charge is -2.31. The number of fused-ring (bicyclic) bond motifs is 1. The van der Waals surface area contributed by atoms with Crippen LogP contribution in [0.4, 0.5) is 0 Å². The maximum atomic E-state index is 6.25. The summed E-state index contributed by atoms with van der Waals surface area (Å²) in [4.78, 5) is 0. The Morgan fingerprint density at radius 1 is 1.17 bits per heavy atom. The molecule has 0 radical (unpaired) electrons. The smallest absolute Gasteiger partial charge is 0.168 e. The first-order valence-electron chi connectivity index (χ1n) is 8.99. The van der Waals surface area contributed by atoms with Gasteiger partial charge in [-0.15, -0.1) is 0 Å². The Labute approximate surface area is 138 Å². The first-order chi connectivity index (χ1) is 11.2. The zero-order chi connectivity index (χ0) is 15.7. The highest BCUT2D eigenvalue weighted by Crippen LogP contribution is 2.37. The first kappa shape index (κ1) is 15.6. The minimum Gasteiger partial charge on any atom is -0.372 e. The van der Waals surface area contributed by atoms with Gasteiger partial charge in [-0.05, 0) is 36.5 Å². The molecule has 2 heterocycles. The molecule has 0 unspecified atom stereocenters. The Balaban J connectivity index is 1.31. The van der Waals surface area contributed by atoms with Crippen molar-refractivity contribution in [1.29, 1.82) is 0 Å². The van der Waals surface area contributed by atoms with Gasteiger partial charge < -0.3 is 19.5 Å². The molecule has 1 aliphatic carbocycles. The van der Waals surface area contributed by atoms with Crippen LogP contribution in [-0.2, 0) is 27.4 Å². The van der Waals surface area contributed by atoms with Gasteiger partial charge in [0.2, 0.25) is 0 Å². The fourth-order valence-electron chi connectivity index (χ4n) is 3.96. The van der Waals surface area contributed by atoms with E-state index >= 15 is 0 Å². The zero-order valence-electron chi connectivity index (χ0n) is 14.0. The minimum atomic E-state index is -0.265. The highest BCUT2D eigenvalue weighted by molar-refractivity contribution is 5.34. The maximum absolute atomic E-state index is 6.25. The Morgan fingerprint density at radius 3 is 2.87 bits per heavy atom. The fraction of sp³-hybridized carbons (Fsp3) is 0.684. The van der Waals surface area contributed by atoms with Crippen LogP contribution in [0.15, 0.2) is 18.2 Å². The second-order valence-corrected chi connectivity index (χ2v) is 7.17. The van der Waals surface area contributed by atoms with Crippen molar-refractivity contribution >= 4 is 0 Å². The van der Waals surface area contributed by atoms with Crippen molar-refractivity contribution < 1.29 is 14.2 Å². The van der Waals surface area contributed by atoms with Crippen molar-refractivity contribution in [3.05, 3.63) is 34.9 Å². The normalized spacial score (nSPS) is 27.3. The number of hydrogen-bond acceptors (Lipinski definition) is 4. The van der Waals surface area contributed by atoms with Crippen LogP contribution in [-0.4, -0.2) is 25.0 Å². The molecule has 1 N–H and O–H groups in total. The quantitative estimate of drug-likeness (QED) is 0.923. The van der Waals surface area contributed by atoms with Gasteiger partial charge in [0.15, 0.2) is 5.79 Å². The van der Waals surface area contributed by atoms with Crippen molar-refractivity contribution in [3.63, 3.8) is 0 Å². The lowest BCUT2D eigenvalue weighted by Crippen LogP contribution is -2.36. The summed E-state index contributed by atoms with van der Waals surface area (Å²) in [6, 6.07) is 6.99. The molecule has 4 rings (SSSR count). The topological polar surface area (TPSA) is 39.7 Å². The third-order valence-corrected chi connectivity index (χ3v) is 5.43. The molecule has 2 atom stereocenters. The van der Waals surface area contributed by atoms with Gasteiger partial charge in [0.25, 0.3) is 0 Å². The van der Waals surface area contributed by atoms with Crippen molar-refractivity contribution in [3.8, 4) is 0 Å². The SMILES string of the molecule is C[C@@H](NC[C@H]1COC2(CCCCC2)O1)c1ccc2c(c1)COC2. The Morgan fingerprint density at radius 2 is 2.00 bits per heavy atom. The average molecular weight is 317 g/mol. The van der Waals surface area contributed by atoms with E-state index in [0.29, 0.717) is 6.04 Å². The van der Waals surface area contributed by atoms with Crippen molar-refractivity contribution in [1.82, 2.24) is 5.32 Å². The van der Waals surface area contributed by atoms with Crippen molar-refractivity contribution in [2.45, 2.75) is 70.2 Å². The van der Waals surface area contributed by atoms with Gasteiger partial charge in [0.05, 0.1) is 25.9 Å². The molecular formula is C19H27NO3. The van der Waals surface area contributed by atoms with Gasteiger partial charge in [0.1, 0.15) is 0 Å². The maximum Gasteiger partial charge on any atom is 0.168 e. The molecule has 4 nitrogen and oxygen atoms in total. The number of hydrogen-bond donors (Lipinski definition) is 1. The average Bonchev–Trinajstić information content (AvgIpc) is 3.20. The molecular weight excluding hydrogens is 290 g/mol. The molecule has 0 aromatic heterocycles. The Kier molecular flexibility index (Phi) is 4.41. The number of ether oxygens (including phenoxy) is 3. The highest BCUT2D eigenvalue weighted by atomic mass is 16.7. The summed E-state index contributed by atoms with van der Waals surface area (Å²) in [5.74, 6) is -0.265. The Hall–Kier alpha value is -0.940. The van der Waals surface area contributed by atoms with Gasteiger partial charge in [-0.3, -0.25) is 0 Å². The van der Waals surface area contributed by atoms with E-state index in [1.807, 2.05) is 0 Å². The molecule has 1 aromatic rings. The van der Waals surface area contributed by atoms with E-state index in [9.17, 15) is 0 Å². The standard InChI is InChI=1S/C19H27NO3/c1-14(15-5-6-16-11-21-12-17(16)9-15)20-10-18-13-22-19(23-18)7-3-2-4-8-19/h5-6,9,14,18,20H,2-4,7-8,10-13H2,1H3/t14-,18+/m1/s1. The summed E-state index contributed by atoms with van der Waals surface area (Å²) in [6.45, 7) is 5.28. The summed E-state index contributed by atoms with van der Waals surface area (Å²) in [5, 5.41) is 3.61. The van der Waals surface area contributed by atoms with Gasteiger partial charge in [-0.2, -0.15) is 0 Å². The van der Waals surface area contributed by atoms with E-state index in [2.05, 4.69) is 30.4 Å². The number of benzene rings is 1. The summed E-state index contributed by atoms with van der Waals surface area (Å²) in [5.41, 5.74) is 3.98. The lowest BCUT2D eigenvalue weighted by molar-refractivity contribution is -0.186. The summed E-state index contributed by atoms with van der Waals surface area (Å²) in [7, 11) is 0. The fourth-order valence-corrected chi connectivity index (χ4v) is 3.96. The lowest BCUT2D eigenvalue weighted by atomic mass is 9.94. The summed E-state index contributed by atoms with van der Waals surface area (Å²) >= 11 is 0. The molecule has 1 saturated heterocycles. The molecule has 0 bridgehead atoms. The van der Waals surface area contributed by atoms with E-state index in [-0.39, 0.29) is 11.9 Å². The van der Waals surface area contributed by atoms with Crippen LogP contribution in [0.3, 0.4) is 0 Å². The van der Waals surface area contributed by atoms with Gasteiger partial charge in [0, 0.05) is 25.4 Å². The van der Waals surface area contributed by atoms with E-state index in [1.54, 1.807) is 0 Å². The van der Waals surface area contributed by atoms with E-state index in [4.69, 9.17) is 14.2 Å². The number of rotatable bonds is 4. The molecule has 0 amide bonds. The largest absolute Gasteiger partial charge is 0.372 e. The van der Waals surface area contributed by atoms with Gasteiger partial charge >= 0.3 is 0 Å². The van der Waals surface area contributed by atoms with Crippen LogP contribution >= 0.6 is 0 Å². The van der Waals surface area contributed by atoms with Crippen LogP contribution in [0.5, 0.6) is 0 Å². The minimum absolute atomic E-state index is 0.174. The molecule has 3 aliphatic rings. The predicted molar refractivity (Wildman–Crippen MR) is 88.0 cm³/mol. The van der Waals surface area contributed by atoms with Crippen molar-refractivity contribution in [2.75, 3.05) is 13.2 Å². The molecule has 126 valence electrons. The van der Waals surface area contributed by atoms with Crippen LogP contribution in [0.1, 0.15) is 61.8 Å². The molecule has 2 fully saturated rings. The third kappa shape index (κ3) is 3.31. The van der Waals surface area contributed by atoms with Gasteiger partial charge in [-0.25, -0.2) is 0 Å². The van der Waals surface area contributed by atoms with Crippen LogP contribution < -0.4 is 5.32 Å². The van der Waals surface area contributed by atoms with Gasteiger partial charge in [-0.1, -0.05) is 24.6 Å². The van der Waals surface area contributed by atoms with Crippen LogP contribution in [0, 0.1) is 0 Å². The third-order valence-electron chi connectivity index (χ3n) is 5.43. The van der Waals surface area contributed by atoms with E-state index in [0.717, 1.165) is 39.2 Å². The van der Waals surface area contributed by atoms with Crippen LogP contribution in [0.25, 0.3) is 0 Å². The zero-order valence-corrected chi connectivity index (χ0v) is 14.0. The molecule has 1 saturated carbocycles. The molecule has 1 spiro atoms. The second kappa shape index (κ2) is 6.52. The monoisotopic (exact) mass is 317 g/mol. The molecule has 1 aromatic carbocycles. The molecule has 23 heavy (non-hydrogen) atoms. The Bertz CT molecular complexity index is 554. The highest BCUT2D eigenvalue weighted by Gasteiger charge is 2.42. The van der Waals surface area contributed by atoms with E-state index < -0.39 is 0 Å². The predicted octanol–water partition coefficient (Wildman–Crippen LogP) is 3.44. The molecule has 4 heteroatoms. The number of nitrogens with one attached hydrogen (secondary N) is 1. The summed E-state index contributed by atoms with van der Waals surface area (Å²) in [6.07, 6.45) is 6.07. The summed E-state index contributed by atoms with van der Waals surface area (Å²) < 4.78 is 17.8. The first-order valence-corrected chi connectivity index (χ1v) is 8.99.